The third-order valence-corrected chi connectivity index (χ3v) is 3.07. The van der Waals surface area contributed by atoms with E-state index in [9.17, 15) is 0 Å². The Kier molecular flexibility index (Phi) is 5.45. The Morgan fingerprint density at radius 2 is 2.36 bits per heavy atom. The highest BCUT2D eigenvalue weighted by atomic mass is 16.5. The number of nitrogens with zero attached hydrogens (tertiary/aromatic N) is 1. The monoisotopic (exact) mass is 200 g/mol. The summed E-state index contributed by atoms with van der Waals surface area (Å²) in [4.78, 5) is 2.54. The van der Waals surface area contributed by atoms with Crippen molar-refractivity contribution >= 4 is 0 Å². The Balaban J connectivity index is 2.27. The van der Waals surface area contributed by atoms with E-state index in [1.165, 1.54) is 6.42 Å². The van der Waals surface area contributed by atoms with Crippen molar-refractivity contribution < 1.29 is 4.74 Å². The van der Waals surface area contributed by atoms with Crippen molar-refractivity contribution in [3.8, 4) is 0 Å². The third kappa shape index (κ3) is 3.56. The molecule has 0 radical (unpaired) electrons. The number of nitrogens with two attached hydrogens (primary N) is 1. The zero-order valence-electron chi connectivity index (χ0n) is 9.54. The van der Waals surface area contributed by atoms with Crippen LogP contribution in [-0.4, -0.2) is 43.3 Å². The summed E-state index contributed by atoms with van der Waals surface area (Å²) in [6.07, 6.45) is 3.92. The first-order valence-electron chi connectivity index (χ1n) is 5.83. The Bertz CT molecular complexity index is 152. The summed E-state index contributed by atoms with van der Waals surface area (Å²) in [5.74, 6) is 0. The van der Waals surface area contributed by atoms with Gasteiger partial charge in [-0.25, -0.2) is 0 Å². The summed E-state index contributed by atoms with van der Waals surface area (Å²) in [6, 6.07) is 0.663. The molecule has 0 aromatic carbocycles. The van der Waals surface area contributed by atoms with Gasteiger partial charge in [-0.2, -0.15) is 0 Å². The summed E-state index contributed by atoms with van der Waals surface area (Å²) in [7, 11) is 0. The second-order valence-corrected chi connectivity index (χ2v) is 4.18. The largest absolute Gasteiger partial charge is 0.376 e. The van der Waals surface area contributed by atoms with Crippen LogP contribution in [0.4, 0.5) is 0 Å². The van der Waals surface area contributed by atoms with Gasteiger partial charge in [0.05, 0.1) is 12.7 Å². The maximum Gasteiger partial charge on any atom is 0.0700 e. The Morgan fingerprint density at radius 3 is 3.00 bits per heavy atom. The molecule has 1 aliphatic rings. The molecule has 0 bridgehead atoms. The minimum absolute atomic E-state index is 0.448. The van der Waals surface area contributed by atoms with E-state index in [-0.39, 0.29) is 0 Å². The molecular weight excluding hydrogens is 176 g/mol. The maximum atomic E-state index is 5.65. The van der Waals surface area contributed by atoms with E-state index >= 15 is 0 Å². The molecule has 1 aliphatic heterocycles. The number of ether oxygens (including phenoxy) is 1. The predicted octanol–water partition coefficient (Wildman–Crippen LogP) is 1.22. The van der Waals surface area contributed by atoms with Gasteiger partial charge in [0.15, 0.2) is 0 Å². The van der Waals surface area contributed by atoms with Crippen molar-refractivity contribution in [2.75, 3.05) is 26.2 Å². The van der Waals surface area contributed by atoms with Gasteiger partial charge in [0.2, 0.25) is 0 Å². The van der Waals surface area contributed by atoms with E-state index < -0.39 is 0 Å². The lowest BCUT2D eigenvalue weighted by molar-refractivity contribution is -0.0430. The summed E-state index contributed by atoms with van der Waals surface area (Å²) in [5.41, 5.74) is 5.52. The fraction of sp³-hybridized carbons (Fsp3) is 1.00. The summed E-state index contributed by atoms with van der Waals surface area (Å²) in [6.45, 7) is 8.38. The molecule has 3 heteroatoms. The van der Waals surface area contributed by atoms with Gasteiger partial charge in [0.1, 0.15) is 0 Å². The second kappa shape index (κ2) is 6.38. The van der Waals surface area contributed by atoms with Gasteiger partial charge in [-0.1, -0.05) is 6.92 Å². The SMILES string of the molecule is CCC1CN(C(C)CCCN)CCO1. The zero-order valence-corrected chi connectivity index (χ0v) is 9.54. The smallest absolute Gasteiger partial charge is 0.0700 e. The van der Waals surface area contributed by atoms with Crippen LogP contribution in [0.5, 0.6) is 0 Å². The van der Waals surface area contributed by atoms with Gasteiger partial charge >= 0.3 is 0 Å². The lowest BCUT2D eigenvalue weighted by atomic mass is 10.1. The van der Waals surface area contributed by atoms with Crippen molar-refractivity contribution in [2.24, 2.45) is 5.73 Å². The topological polar surface area (TPSA) is 38.5 Å². The summed E-state index contributed by atoms with van der Waals surface area (Å²) < 4.78 is 5.65. The molecule has 1 saturated heterocycles. The molecule has 0 aliphatic carbocycles. The van der Waals surface area contributed by atoms with Gasteiger partial charge in [0, 0.05) is 19.1 Å². The van der Waals surface area contributed by atoms with Crippen LogP contribution in [0.2, 0.25) is 0 Å². The highest BCUT2D eigenvalue weighted by Crippen LogP contribution is 2.13. The standard InChI is InChI=1S/C11H24N2O/c1-3-11-9-13(7-8-14-11)10(2)5-4-6-12/h10-11H,3-9,12H2,1-2H3. The normalized spacial score (nSPS) is 26.4. The van der Waals surface area contributed by atoms with Crippen molar-refractivity contribution in [2.45, 2.75) is 45.3 Å². The molecule has 1 heterocycles. The average Bonchev–Trinajstić information content (AvgIpc) is 2.26. The van der Waals surface area contributed by atoms with Crippen LogP contribution in [0, 0.1) is 0 Å². The number of hydrogen-bond acceptors (Lipinski definition) is 3. The number of morpholine rings is 1. The minimum Gasteiger partial charge on any atom is -0.376 e. The highest BCUT2D eigenvalue weighted by Gasteiger charge is 2.22. The molecule has 2 unspecified atom stereocenters. The molecule has 2 N–H and O–H groups in total. The number of rotatable bonds is 5. The molecular formula is C11H24N2O. The first-order chi connectivity index (χ1) is 6.77. The first-order valence-corrected chi connectivity index (χ1v) is 5.83. The third-order valence-electron chi connectivity index (χ3n) is 3.07. The van der Waals surface area contributed by atoms with Crippen LogP contribution in [-0.2, 0) is 4.74 Å². The van der Waals surface area contributed by atoms with Crippen LogP contribution in [0.1, 0.15) is 33.1 Å². The van der Waals surface area contributed by atoms with Crippen LogP contribution >= 0.6 is 0 Å². The van der Waals surface area contributed by atoms with Gasteiger partial charge < -0.3 is 10.5 Å². The van der Waals surface area contributed by atoms with E-state index in [4.69, 9.17) is 10.5 Å². The fourth-order valence-corrected chi connectivity index (χ4v) is 1.99. The van der Waals surface area contributed by atoms with E-state index in [0.29, 0.717) is 12.1 Å². The highest BCUT2D eigenvalue weighted by molar-refractivity contribution is 4.75. The molecule has 0 saturated carbocycles. The van der Waals surface area contributed by atoms with Gasteiger partial charge in [0.25, 0.3) is 0 Å². The Morgan fingerprint density at radius 1 is 1.57 bits per heavy atom. The van der Waals surface area contributed by atoms with Gasteiger partial charge in [-0.05, 0) is 32.7 Å². The van der Waals surface area contributed by atoms with E-state index in [1.54, 1.807) is 0 Å². The molecule has 84 valence electrons. The average molecular weight is 200 g/mol. The Labute approximate surface area is 87.6 Å². The molecule has 0 spiro atoms. The van der Waals surface area contributed by atoms with Crippen molar-refractivity contribution in [3.63, 3.8) is 0 Å². The molecule has 2 atom stereocenters. The lowest BCUT2D eigenvalue weighted by Crippen LogP contribution is -2.46. The summed E-state index contributed by atoms with van der Waals surface area (Å²) >= 11 is 0. The fourth-order valence-electron chi connectivity index (χ4n) is 1.99. The minimum atomic E-state index is 0.448. The molecule has 14 heavy (non-hydrogen) atoms. The predicted molar refractivity (Wildman–Crippen MR) is 59.4 cm³/mol. The van der Waals surface area contributed by atoms with Crippen LogP contribution < -0.4 is 5.73 Å². The first kappa shape index (κ1) is 12.0. The van der Waals surface area contributed by atoms with E-state index in [0.717, 1.165) is 39.1 Å². The van der Waals surface area contributed by atoms with E-state index in [2.05, 4.69) is 18.7 Å². The molecule has 3 nitrogen and oxygen atoms in total. The quantitative estimate of drug-likeness (QED) is 0.725. The summed E-state index contributed by atoms with van der Waals surface area (Å²) in [5, 5.41) is 0. The van der Waals surface area contributed by atoms with Gasteiger partial charge in [-0.15, -0.1) is 0 Å². The molecule has 1 fully saturated rings. The van der Waals surface area contributed by atoms with Crippen LogP contribution in [0.25, 0.3) is 0 Å². The molecule has 0 aromatic heterocycles. The second-order valence-electron chi connectivity index (χ2n) is 4.18. The van der Waals surface area contributed by atoms with Crippen LogP contribution in [0.3, 0.4) is 0 Å². The number of hydrogen-bond donors (Lipinski definition) is 1. The zero-order chi connectivity index (χ0) is 10.4. The van der Waals surface area contributed by atoms with Gasteiger partial charge in [-0.3, -0.25) is 4.90 Å². The molecule has 0 aromatic rings. The van der Waals surface area contributed by atoms with Crippen molar-refractivity contribution in [1.29, 1.82) is 0 Å². The molecule has 0 amide bonds. The lowest BCUT2D eigenvalue weighted by Gasteiger charge is -2.36. The Hall–Kier alpha value is -0.120. The van der Waals surface area contributed by atoms with Crippen molar-refractivity contribution in [3.05, 3.63) is 0 Å². The maximum absolute atomic E-state index is 5.65. The van der Waals surface area contributed by atoms with Crippen LogP contribution in [0.15, 0.2) is 0 Å². The van der Waals surface area contributed by atoms with E-state index in [1.807, 2.05) is 0 Å². The molecule has 1 rings (SSSR count). The van der Waals surface area contributed by atoms with Crippen molar-refractivity contribution in [1.82, 2.24) is 4.90 Å².